The molecule has 0 saturated carbocycles. The molecule has 0 fully saturated rings. The molecule has 0 aliphatic rings. The van der Waals surface area contributed by atoms with Crippen molar-refractivity contribution in [3.05, 3.63) is 63.7 Å². The summed E-state index contributed by atoms with van der Waals surface area (Å²) in [4.78, 5) is 10.5. The number of nitrogens with zero attached hydrogens (tertiary/aromatic N) is 1. The Morgan fingerprint density at radius 3 is 2.33 bits per heavy atom. The van der Waals surface area contributed by atoms with Crippen LogP contribution in [0.1, 0.15) is 11.1 Å². The number of nitrogen functional groups attached to an aromatic ring is 1. The predicted octanol–water partition coefficient (Wildman–Crippen LogP) is 2.46. The molecule has 2 aromatic rings. The van der Waals surface area contributed by atoms with Crippen LogP contribution < -0.4 is 5.73 Å². The number of nitro groups is 1. The fraction of sp³-hybridized carbons (Fsp3) is 0.143. The minimum absolute atomic E-state index is 0.0833. The van der Waals surface area contributed by atoms with Crippen molar-refractivity contribution in [3.63, 3.8) is 0 Å². The van der Waals surface area contributed by atoms with Crippen molar-refractivity contribution in [2.24, 2.45) is 0 Å². The molecule has 2 N–H and O–H groups in total. The van der Waals surface area contributed by atoms with Crippen molar-refractivity contribution in [2.45, 2.75) is 17.6 Å². The Hall–Kier alpha value is -2.41. The van der Waals surface area contributed by atoms with Crippen LogP contribution in [0.15, 0.2) is 47.4 Å². The summed E-state index contributed by atoms with van der Waals surface area (Å²) in [7, 11) is -3.57. The summed E-state index contributed by atoms with van der Waals surface area (Å²) >= 11 is 0. The molecule has 0 amide bonds. The Labute approximate surface area is 122 Å². The van der Waals surface area contributed by atoms with Gasteiger partial charge in [0.15, 0.2) is 9.84 Å². The lowest BCUT2D eigenvalue weighted by Crippen LogP contribution is -2.07. The summed E-state index contributed by atoms with van der Waals surface area (Å²) in [6.45, 7) is 1.55. The predicted molar refractivity (Wildman–Crippen MR) is 79.6 cm³/mol. The average molecular weight is 306 g/mol. The van der Waals surface area contributed by atoms with Crippen molar-refractivity contribution in [1.82, 2.24) is 0 Å². The summed E-state index contributed by atoms with van der Waals surface area (Å²) in [5, 5.41) is 10.9. The molecule has 2 aromatic carbocycles. The van der Waals surface area contributed by atoms with Crippen LogP contribution in [-0.2, 0) is 15.6 Å². The van der Waals surface area contributed by atoms with Crippen molar-refractivity contribution in [1.29, 1.82) is 0 Å². The van der Waals surface area contributed by atoms with E-state index < -0.39 is 14.8 Å². The van der Waals surface area contributed by atoms with E-state index in [4.69, 9.17) is 5.73 Å². The maximum absolute atomic E-state index is 12.3. The average Bonchev–Trinajstić information content (AvgIpc) is 2.41. The van der Waals surface area contributed by atoms with Gasteiger partial charge in [-0.15, -0.1) is 0 Å². The Bertz CT molecular complexity index is 783. The molecule has 0 aliphatic carbocycles. The van der Waals surface area contributed by atoms with Gasteiger partial charge in [-0.3, -0.25) is 10.1 Å². The molecule has 0 saturated heterocycles. The summed E-state index contributed by atoms with van der Waals surface area (Å²) in [5.41, 5.74) is 6.70. The van der Waals surface area contributed by atoms with Crippen LogP contribution in [0.2, 0.25) is 0 Å². The van der Waals surface area contributed by atoms with E-state index in [0.29, 0.717) is 16.8 Å². The molecule has 21 heavy (non-hydrogen) atoms. The van der Waals surface area contributed by atoms with E-state index in [0.717, 1.165) is 0 Å². The molecule has 7 heteroatoms. The zero-order valence-corrected chi connectivity index (χ0v) is 12.1. The molecule has 0 unspecified atom stereocenters. The Morgan fingerprint density at radius 1 is 1.14 bits per heavy atom. The lowest BCUT2D eigenvalue weighted by atomic mass is 10.1. The van der Waals surface area contributed by atoms with Crippen LogP contribution in [0.25, 0.3) is 0 Å². The van der Waals surface area contributed by atoms with Gasteiger partial charge in [0, 0.05) is 17.3 Å². The van der Waals surface area contributed by atoms with Gasteiger partial charge in [-0.05, 0) is 36.8 Å². The fourth-order valence-electron chi connectivity index (χ4n) is 1.99. The topological polar surface area (TPSA) is 103 Å². The van der Waals surface area contributed by atoms with E-state index in [1.54, 1.807) is 13.0 Å². The smallest absolute Gasteiger partial charge is 0.272 e. The molecule has 0 heterocycles. The van der Waals surface area contributed by atoms with Crippen molar-refractivity contribution >= 4 is 21.2 Å². The van der Waals surface area contributed by atoms with Crippen LogP contribution in [0.5, 0.6) is 0 Å². The first kappa shape index (κ1) is 15.0. The van der Waals surface area contributed by atoms with Gasteiger partial charge in [-0.1, -0.05) is 12.1 Å². The van der Waals surface area contributed by atoms with E-state index in [1.165, 1.54) is 36.4 Å². The number of anilines is 1. The third kappa shape index (κ3) is 3.19. The standard InChI is InChI=1S/C14H14N2O4S/c1-10-11(3-2-4-14(10)16(17)18)9-21(19,20)13-7-5-12(15)6-8-13/h2-8H,9,15H2,1H3. The first-order chi connectivity index (χ1) is 9.81. The van der Waals surface area contributed by atoms with Crippen molar-refractivity contribution in [2.75, 3.05) is 5.73 Å². The molecule has 0 radical (unpaired) electrons. The molecule has 0 aromatic heterocycles. The summed E-state index contributed by atoms with van der Waals surface area (Å²) < 4.78 is 24.7. The largest absolute Gasteiger partial charge is 0.399 e. The quantitative estimate of drug-likeness (QED) is 0.531. The van der Waals surface area contributed by atoms with E-state index in [1.807, 2.05) is 0 Å². The number of sulfone groups is 1. The maximum Gasteiger partial charge on any atom is 0.272 e. The van der Waals surface area contributed by atoms with E-state index in [-0.39, 0.29) is 16.3 Å². The first-order valence-corrected chi connectivity index (χ1v) is 7.77. The lowest BCUT2D eigenvalue weighted by molar-refractivity contribution is -0.385. The molecule has 0 atom stereocenters. The molecular weight excluding hydrogens is 292 g/mol. The lowest BCUT2D eigenvalue weighted by Gasteiger charge is -2.08. The first-order valence-electron chi connectivity index (χ1n) is 6.12. The van der Waals surface area contributed by atoms with E-state index >= 15 is 0 Å². The van der Waals surface area contributed by atoms with Gasteiger partial charge >= 0.3 is 0 Å². The van der Waals surface area contributed by atoms with Crippen LogP contribution in [0.4, 0.5) is 11.4 Å². The summed E-state index contributed by atoms with van der Waals surface area (Å²) in [6.07, 6.45) is 0. The number of hydrogen-bond acceptors (Lipinski definition) is 5. The van der Waals surface area contributed by atoms with Gasteiger partial charge in [0.25, 0.3) is 5.69 Å². The van der Waals surface area contributed by atoms with Gasteiger partial charge in [0.1, 0.15) is 0 Å². The Kier molecular flexibility index (Phi) is 3.95. The number of hydrogen-bond donors (Lipinski definition) is 1. The Morgan fingerprint density at radius 2 is 1.76 bits per heavy atom. The molecule has 0 bridgehead atoms. The molecule has 6 nitrogen and oxygen atoms in total. The van der Waals surface area contributed by atoms with Gasteiger partial charge in [-0.2, -0.15) is 0 Å². The maximum atomic E-state index is 12.3. The SMILES string of the molecule is Cc1c(CS(=O)(=O)c2ccc(N)cc2)cccc1[N+](=O)[O-]. The molecular formula is C14H14N2O4S. The second-order valence-corrected chi connectivity index (χ2v) is 6.64. The monoisotopic (exact) mass is 306 g/mol. The minimum Gasteiger partial charge on any atom is -0.399 e. The second kappa shape index (κ2) is 5.53. The third-order valence-electron chi connectivity index (χ3n) is 3.20. The number of nitrogens with two attached hydrogens (primary N) is 1. The van der Waals surface area contributed by atoms with Crippen LogP contribution >= 0.6 is 0 Å². The van der Waals surface area contributed by atoms with Crippen molar-refractivity contribution < 1.29 is 13.3 Å². The number of nitro benzene ring substituents is 1. The number of rotatable bonds is 4. The minimum atomic E-state index is -3.57. The Balaban J connectivity index is 2.39. The second-order valence-electron chi connectivity index (χ2n) is 4.65. The molecule has 2 rings (SSSR count). The van der Waals surface area contributed by atoms with E-state index in [2.05, 4.69) is 0 Å². The molecule has 0 aliphatic heterocycles. The normalized spacial score (nSPS) is 11.3. The zero-order valence-electron chi connectivity index (χ0n) is 11.3. The van der Waals surface area contributed by atoms with Crippen molar-refractivity contribution in [3.8, 4) is 0 Å². The van der Waals surface area contributed by atoms with Gasteiger partial charge < -0.3 is 5.73 Å². The van der Waals surface area contributed by atoms with E-state index in [9.17, 15) is 18.5 Å². The highest BCUT2D eigenvalue weighted by atomic mass is 32.2. The highest BCUT2D eigenvalue weighted by Gasteiger charge is 2.20. The highest BCUT2D eigenvalue weighted by Crippen LogP contribution is 2.25. The number of benzene rings is 2. The zero-order chi connectivity index (χ0) is 15.6. The van der Waals surface area contributed by atoms with Crippen LogP contribution in [0.3, 0.4) is 0 Å². The van der Waals surface area contributed by atoms with Gasteiger partial charge in [-0.25, -0.2) is 8.42 Å². The molecule has 110 valence electrons. The van der Waals surface area contributed by atoms with Gasteiger partial charge in [0.05, 0.1) is 15.6 Å². The highest BCUT2D eigenvalue weighted by molar-refractivity contribution is 7.90. The third-order valence-corrected chi connectivity index (χ3v) is 4.88. The van der Waals surface area contributed by atoms with Gasteiger partial charge in [0.2, 0.25) is 0 Å². The fourth-order valence-corrected chi connectivity index (χ4v) is 3.43. The van der Waals surface area contributed by atoms with Crippen LogP contribution in [0, 0.1) is 17.0 Å². The summed E-state index contributed by atoms with van der Waals surface area (Å²) in [6, 6.07) is 10.3. The van der Waals surface area contributed by atoms with Crippen LogP contribution in [-0.4, -0.2) is 13.3 Å². The summed E-state index contributed by atoms with van der Waals surface area (Å²) in [5.74, 6) is -0.287. The molecule has 0 spiro atoms.